The third-order valence-corrected chi connectivity index (χ3v) is 3.53. The van der Waals surface area contributed by atoms with E-state index >= 15 is 0 Å². The van der Waals surface area contributed by atoms with Crippen LogP contribution in [0.2, 0.25) is 0 Å². The highest BCUT2D eigenvalue weighted by Gasteiger charge is 2.15. The summed E-state index contributed by atoms with van der Waals surface area (Å²) in [5, 5.41) is 12.2. The van der Waals surface area contributed by atoms with Crippen LogP contribution in [0.1, 0.15) is 41.4 Å². The number of aromatic nitrogens is 1. The molecule has 1 unspecified atom stereocenters. The van der Waals surface area contributed by atoms with Gasteiger partial charge in [-0.05, 0) is 20.8 Å². The number of aryl methyl sites for hydroxylation is 2. The van der Waals surface area contributed by atoms with Crippen LogP contribution in [-0.2, 0) is 9.59 Å². The number of hydrogen-bond acceptors (Lipinski definition) is 4. The minimum Gasteiger partial charge on any atom is -0.481 e. The molecule has 1 atom stereocenters. The molecule has 0 saturated heterocycles. The third-order valence-electron chi connectivity index (χ3n) is 2.28. The Morgan fingerprint density at radius 2 is 2.06 bits per heavy atom. The standard InChI is InChI=1S/C11H16N2O3S/c1-6-11(17-8(3)12-6)7(2)13-9(14)4-5-10(15)16/h7H,4-5H2,1-3H3,(H,13,14)(H,15,16). The summed E-state index contributed by atoms with van der Waals surface area (Å²) >= 11 is 1.55. The lowest BCUT2D eigenvalue weighted by molar-refractivity contribution is -0.138. The van der Waals surface area contributed by atoms with Crippen LogP contribution in [0.4, 0.5) is 0 Å². The molecule has 0 bridgehead atoms. The Morgan fingerprint density at radius 3 is 2.53 bits per heavy atom. The molecule has 0 aliphatic rings. The number of nitrogens with one attached hydrogen (secondary N) is 1. The third kappa shape index (κ3) is 4.14. The smallest absolute Gasteiger partial charge is 0.303 e. The fraction of sp³-hybridized carbons (Fsp3) is 0.545. The molecule has 1 aromatic rings. The van der Waals surface area contributed by atoms with Gasteiger partial charge in [-0.1, -0.05) is 0 Å². The first-order valence-corrected chi connectivity index (χ1v) is 6.17. The minimum atomic E-state index is -0.961. The first kappa shape index (κ1) is 13.6. The molecule has 1 rings (SSSR count). The van der Waals surface area contributed by atoms with Crippen LogP contribution in [0.5, 0.6) is 0 Å². The van der Waals surface area contributed by atoms with E-state index in [4.69, 9.17) is 5.11 Å². The molecule has 0 radical (unpaired) electrons. The summed E-state index contributed by atoms with van der Waals surface area (Å²) in [4.78, 5) is 27.1. The van der Waals surface area contributed by atoms with Gasteiger partial charge in [-0.2, -0.15) is 0 Å². The molecule has 17 heavy (non-hydrogen) atoms. The predicted molar refractivity (Wildman–Crippen MR) is 65.0 cm³/mol. The fourth-order valence-corrected chi connectivity index (χ4v) is 2.48. The van der Waals surface area contributed by atoms with Gasteiger partial charge in [-0.25, -0.2) is 4.98 Å². The molecule has 0 spiro atoms. The van der Waals surface area contributed by atoms with Gasteiger partial charge in [-0.3, -0.25) is 9.59 Å². The Bertz CT molecular complexity index is 428. The number of rotatable bonds is 5. The molecule has 1 heterocycles. The highest BCUT2D eigenvalue weighted by Crippen LogP contribution is 2.24. The predicted octanol–water partition coefficient (Wildman–Crippen LogP) is 1.80. The number of nitrogens with zero attached hydrogens (tertiary/aromatic N) is 1. The molecule has 0 saturated carbocycles. The van der Waals surface area contributed by atoms with E-state index in [0.29, 0.717) is 0 Å². The van der Waals surface area contributed by atoms with E-state index in [-0.39, 0.29) is 24.8 Å². The molecule has 1 aromatic heterocycles. The Hall–Kier alpha value is -1.43. The maximum atomic E-state index is 11.5. The average Bonchev–Trinajstić information content (AvgIpc) is 2.55. The second kappa shape index (κ2) is 5.77. The first-order chi connectivity index (χ1) is 7.90. The summed E-state index contributed by atoms with van der Waals surface area (Å²) in [5.74, 6) is -1.21. The Balaban J connectivity index is 2.54. The molecule has 0 fully saturated rings. The molecule has 94 valence electrons. The van der Waals surface area contributed by atoms with E-state index in [1.165, 1.54) is 0 Å². The van der Waals surface area contributed by atoms with Gasteiger partial charge in [0.2, 0.25) is 5.91 Å². The summed E-state index contributed by atoms with van der Waals surface area (Å²) in [6.07, 6.45) is -0.129. The second-order valence-corrected chi connectivity index (χ2v) is 5.10. The number of aliphatic carboxylic acids is 1. The molecule has 2 N–H and O–H groups in total. The van der Waals surface area contributed by atoms with Crippen molar-refractivity contribution in [3.63, 3.8) is 0 Å². The monoisotopic (exact) mass is 256 g/mol. The molecular weight excluding hydrogens is 240 g/mol. The van der Waals surface area contributed by atoms with Crippen molar-refractivity contribution in [2.45, 2.75) is 39.7 Å². The average molecular weight is 256 g/mol. The van der Waals surface area contributed by atoms with Gasteiger partial charge in [0.1, 0.15) is 0 Å². The second-order valence-electron chi connectivity index (χ2n) is 3.87. The van der Waals surface area contributed by atoms with Gasteiger partial charge in [0, 0.05) is 11.3 Å². The molecule has 0 aliphatic carbocycles. The summed E-state index contributed by atoms with van der Waals surface area (Å²) in [7, 11) is 0. The van der Waals surface area contributed by atoms with Crippen molar-refractivity contribution in [2.24, 2.45) is 0 Å². The van der Waals surface area contributed by atoms with Crippen molar-refractivity contribution in [1.29, 1.82) is 0 Å². The zero-order valence-corrected chi connectivity index (χ0v) is 10.9. The largest absolute Gasteiger partial charge is 0.481 e. The quantitative estimate of drug-likeness (QED) is 0.842. The number of carbonyl (C=O) groups is 2. The van der Waals surface area contributed by atoms with Crippen LogP contribution in [-0.4, -0.2) is 22.0 Å². The van der Waals surface area contributed by atoms with Gasteiger partial charge in [0.05, 0.1) is 23.2 Å². The van der Waals surface area contributed by atoms with E-state index in [0.717, 1.165) is 15.6 Å². The Kier molecular flexibility index (Phi) is 4.62. The normalized spacial score (nSPS) is 12.2. The molecular formula is C11H16N2O3S. The minimum absolute atomic E-state index is 0.0104. The van der Waals surface area contributed by atoms with Crippen molar-refractivity contribution in [1.82, 2.24) is 10.3 Å². The van der Waals surface area contributed by atoms with Gasteiger partial charge < -0.3 is 10.4 Å². The van der Waals surface area contributed by atoms with E-state index in [9.17, 15) is 9.59 Å². The molecule has 5 nitrogen and oxygen atoms in total. The Morgan fingerprint density at radius 1 is 1.41 bits per heavy atom. The summed E-state index contributed by atoms with van der Waals surface area (Å²) in [5.41, 5.74) is 0.915. The fourth-order valence-electron chi connectivity index (χ4n) is 1.55. The van der Waals surface area contributed by atoms with Crippen molar-refractivity contribution in [3.8, 4) is 0 Å². The van der Waals surface area contributed by atoms with E-state index in [1.54, 1.807) is 11.3 Å². The maximum absolute atomic E-state index is 11.5. The zero-order valence-electron chi connectivity index (χ0n) is 10.1. The summed E-state index contributed by atoms with van der Waals surface area (Å²) < 4.78 is 0. The number of hydrogen-bond donors (Lipinski definition) is 2. The highest BCUT2D eigenvalue weighted by atomic mass is 32.1. The van der Waals surface area contributed by atoms with Crippen molar-refractivity contribution < 1.29 is 14.7 Å². The SMILES string of the molecule is Cc1nc(C)c(C(C)NC(=O)CCC(=O)O)s1. The number of thiazole rings is 1. The highest BCUT2D eigenvalue weighted by molar-refractivity contribution is 7.11. The molecule has 6 heteroatoms. The molecule has 0 aliphatic heterocycles. The summed E-state index contributed by atoms with van der Waals surface area (Å²) in [6.45, 7) is 5.69. The first-order valence-electron chi connectivity index (χ1n) is 5.35. The maximum Gasteiger partial charge on any atom is 0.303 e. The zero-order chi connectivity index (χ0) is 13.0. The topological polar surface area (TPSA) is 79.3 Å². The molecule has 1 amide bonds. The molecule has 0 aromatic carbocycles. The number of amides is 1. The van der Waals surface area contributed by atoms with E-state index in [2.05, 4.69) is 10.3 Å². The Labute approximate surface area is 104 Å². The van der Waals surface area contributed by atoms with Crippen LogP contribution < -0.4 is 5.32 Å². The van der Waals surface area contributed by atoms with Crippen LogP contribution in [0.15, 0.2) is 0 Å². The number of carboxylic acids is 1. The lowest BCUT2D eigenvalue weighted by atomic mass is 10.2. The van der Waals surface area contributed by atoms with Crippen LogP contribution in [0, 0.1) is 13.8 Å². The number of carbonyl (C=O) groups excluding carboxylic acids is 1. The van der Waals surface area contributed by atoms with Crippen LogP contribution >= 0.6 is 11.3 Å². The van der Waals surface area contributed by atoms with Crippen molar-refractivity contribution in [2.75, 3.05) is 0 Å². The van der Waals surface area contributed by atoms with Crippen molar-refractivity contribution in [3.05, 3.63) is 15.6 Å². The van der Waals surface area contributed by atoms with E-state index < -0.39 is 5.97 Å². The van der Waals surface area contributed by atoms with Gasteiger partial charge in [0.15, 0.2) is 0 Å². The van der Waals surface area contributed by atoms with Crippen LogP contribution in [0.3, 0.4) is 0 Å². The summed E-state index contributed by atoms with van der Waals surface area (Å²) in [6, 6.07) is -0.123. The van der Waals surface area contributed by atoms with Crippen molar-refractivity contribution >= 4 is 23.2 Å². The van der Waals surface area contributed by atoms with Gasteiger partial charge in [-0.15, -0.1) is 11.3 Å². The van der Waals surface area contributed by atoms with Gasteiger partial charge >= 0.3 is 5.97 Å². The lowest BCUT2D eigenvalue weighted by Gasteiger charge is -2.12. The van der Waals surface area contributed by atoms with Crippen LogP contribution in [0.25, 0.3) is 0 Å². The lowest BCUT2D eigenvalue weighted by Crippen LogP contribution is -2.26. The van der Waals surface area contributed by atoms with E-state index in [1.807, 2.05) is 20.8 Å². The van der Waals surface area contributed by atoms with Gasteiger partial charge in [0.25, 0.3) is 0 Å². The number of carboxylic acid groups (broad SMARTS) is 1.